The number of amides is 1. The van der Waals surface area contributed by atoms with E-state index in [4.69, 9.17) is 5.11 Å². The van der Waals surface area contributed by atoms with Crippen LogP contribution in [0, 0.1) is 11.8 Å². The lowest BCUT2D eigenvalue weighted by atomic mass is 9.93. The molecular formula is C12H21NO3. The molecule has 0 aliphatic carbocycles. The van der Waals surface area contributed by atoms with Gasteiger partial charge in [0, 0.05) is 13.1 Å². The Hall–Kier alpha value is -1.06. The summed E-state index contributed by atoms with van der Waals surface area (Å²) in [6, 6.07) is 0. The molecule has 2 atom stereocenters. The van der Waals surface area contributed by atoms with Crippen LogP contribution in [0.5, 0.6) is 0 Å². The largest absolute Gasteiger partial charge is 0.481 e. The fraction of sp³-hybridized carbons (Fsp3) is 0.833. The summed E-state index contributed by atoms with van der Waals surface area (Å²) in [5.41, 5.74) is 0. The first kappa shape index (κ1) is 13.0. The van der Waals surface area contributed by atoms with Crippen molar-refractivity contribution >= 4 is 11.9 Å². The van der Waals surface area contributed by atoms with Crippen molar-refractivity contribution in [2.24, 2.45) is 11.8 Å². The third-order valence-corrected chi connectivity index (χ3v) is 3.27. The summed E-state index contributed by atoms with van der Waals surface area (Å²) in [6.45, 7) is 5.07. The van der Waals surface area contributed by atoms with Crippen molar-refractivity contribution < 1.29 is 14.7 Å². The quantitative estimate of drug-likeness (QED) is 0.744. The number of hydrogen-bond acceptors (Lipinski definition) is 2. The first-order valence-corrected chi connectivity index (χ1v) is 6.07. The monoisotopic (exact) mass is 227 g/mol. The zero-order chi connectivity index (χ0) is 12.1. The number of carbonyl (C=O) groups is 2. The fourth-order valence-electron chi connectivity index (χ4n) is 2.29. The predicted octanol–water partition coefficient (Wildman–Crippen LogP) is 1.75. The Morgan fingerprint density at radius 1 is 1.50 bits per heavy atom. The van der Waals surface area contributed by atoms with Crippen molar-refractivity contribution in [1.29, 1.82) is 0 Å². The van der Waals surface area contributed by atoms with E-state index in [0.717, 1.165) is 32.4 Å². The van der Waals surface area contributed by atoms with Gasteiger partial charge < -0.3 is 10.0 Å². The highest BCUT2D eigenvalue weighted by molar-refractivity contribution is 5.96. The van der Waals surface area contributed by atoms with E-state index in [1.807, 2.05) is 0 Å². The molecule has 1 heterocycles. The number of carboxylic acid groups (broad SMARTS) is 1. The van der Waals surface area contributed by atoms with Crippen LogP contribution in [-0.2, 0) is 9.59 Å². The van der Waals surface area contributed by atoms with Gasteiger partial charge in [0.2, 0.25) is 5.91 Å². The van der Waals surface area contributed by atoms with Crippen LogP contribution in [0.2, 0.25) is 0 Å². The van der Waals surface area contributed by atoms with Gasteiger partial charge in [-0.15, -0.1) is 0 Å². The molecule has 1 fully saturated rings. The number of carbonyl (C=O) groups excluding carboxylic acids is 1. The molecule has 0 aromatic carbocycles. The van der Waals surface area contributed by atoms with Gasteiger partial charge in [0.25, 0.3) is 0 Å². The summed E-state index contributed by atoms with van der Waals surface area (Å²) >= 11 is 0. The average molecular weight is 227 g/mol. The van der Waals surface area contributed by atoms with Gasteiger partial charge in [-0.2, -0.15) is 0 Å². The molecule has 0 spiro atoms. The van der Waals surface area contributed by atoms with E-state index < -0.39 is 11.9 Å². The molecule has 1 amide bonds. The minimum atomic E-state index is -1.03. The summed E-state index contributed by atoms with van der Waals surface area (Å²) in [5, 5.41) is 8.80. The summed E-state index contributed by atoms with van der Waals surface area (Å²) in [5.74, 6) is -1.60. The fourth-order valence-corrected chi connectivity index (χ4v) is 2.29. The number of nitrogens with zero attached hydrogens (tertiary/aromatic N) is 1. The molecule has 92 valence electrons. The molecule has 16 heavy (non-hydrogen) atoms. The van der Waals surface area contributed by atoms with E-state index in [1.165, 1.54) is 13.3 Å². The van der Waals surface area contributed by atoms with Gasteiger partial charge in [-0.3, -0.25) is 9.59 Å². The molecule has 0 aromatic heterocycles. The van der Waals surface area contributed by atoms with Gasteiger partial charge in [0.1, 0.15) is 5.92 Å². The van der Waals surface area contributed by atoms with E-state index in [2.05, 4.69) is 6.92 Å². The minimum Gasteiger partial charge on any atom is -0.481 e. The average Bonchev–Trinajstić information content (AvgIpc) is 2.28. The SMILES string of the molecule is CCCC1CCCN(C(=O)C(C)C(=O)O)C1. The molecule has 4 nitrogen and oxygen atoms in total. The lowest BCUT2D eigenvalue weighted by Gasteiger charge is -2.33. The number of likely N-dealkylation sites (tertiary alicyclic amines) is 1. The molecule has 1 N–H and O–H groups in total. The number of hydrogen-bond donors (Lipinski definition) is 1. The molecule has 0 aromatic rings. The molecular weight excluding hydrogens is 206 g/mol. The number of carboxylic acids is 1. The molecule has 4 heteroatoms. The Morgan fingerprint density at radius 2 is 2.19 bits per heavy atom. The Labute approximate surface area is 96.6 Å². The molecule has 2 unspecified atom stereocenters. The molecule has 1 saturated heterocycles. The first-order chi connectivity index (χ1) is 7.56. The number of piperidine rings is 1. The lowest BCUT2D eigenvalue weighted by molar-refractivity contribution is -0.151. The Morgan fingerprint density at radius 3 is 2.75 bits per heavy atom. The Balaban J connectivity index is 2.53. The van der Waals surface area contributed by atoms with Crippen molar-refractivity contribution in [2.75, 3.05) is 13.1 Å². The van der Waals surface area contributed by atoms with Crippen LogP contribution in [0.15, 0.2) is 0 Å². The maximum Gasteiger partial charge on any atom is 0.315 e. The molecule has 1 aliphatic rings. The minimum absolute atomic E-state index is 0.228. The maximum atomic E-state index is 11.8. The molecule has 0 bridgehead atoms. The first-order valence-electron chi connectivity index (χ1n) is 6.07. The van der Waals surface area contributed by atoms with Gasteiger partial charge in [0.15, 0.2) is 0 Å². The summed E-state index contributed by atoms with van der Waals surface area (Å²) < 4.78 is 0. The second-order valence-electron chi connectivity index (χ2n) is 4.64. The van der Waals surface area contributed by atoms with Crippen LogP contribution < -0.4 is 0 Å². The van der Waals surface area contributed by atoms with E-state index in [9.17, 15) is 9.59 Å². The van der Waals surface area contributed by atoms with Gasteiger partial charge in [-0.1, -0.05) is 13.3 Å². The Kier molecular flexibility index (Phi) is 4.77. The third kappa shape index (κ3) is 3.22. The molecule has 0 radical (unpaired) electrons. The Bertz CT molecular complexity index is 263. The van der Waals surface area contributed by atoms with Crippen molar-refractivity contribution in [1.82, 2.24) is 4.90 Å². The zero-order valence-corrected chi connectivity index (χ0v) is 10.1. The van der Waals surface area contributed by atoms with Gasteiger partial charge >= 0.3 is 5.97 Å². The van der Waals surface area contributed by atoms with Crippen molar-refractivity contribution in [2.45, 2.75) is 39.5 Å². The van der Waals surface area contributed by atoms with Crippen LogP contribution >= 0.6 is 0 Å². The van der Waals surface area contributed by atoms with E-state index >= 15 is 0 Å². The number of rotatable bonds is 4. The van der Waals surface area contributed by atoms with Gasteiger partial charge in [-0.05, 0) is 32.1 Å². The highest BCUT2D eigenvalue weighted by Crippen LogP contribution is 2.22. The van der Waals surface area contributed by atoms with Crippen LogP contribution in [0.25, 0.3) is 0 Å². The van der Waals surface area contributed by atoms with Crippen LogP contribution in [0.3, 0.4) is 0 Å². The lowest BCUT2D eigenvalue weighted by Crippen LogP contribution is -2.44. The standard InChI is InChI=1S/C12H21NO3/c1-3-5-10-6-4-7-13(8-10)11(14)9(2)12(15)16/h9-10H,3-8H2,1-2H3,(H,15,16). The van der Waals surface area contributed by atoms with Crippen LogP contribution in [0.1, 0.15) is 39.5 Å². The van der Waals surface area contributed by atoms with Crippen molar-refractivity contribution in [3.8, 4) is 0 Å². The smallest absolute Gasteiger partial charge is 0.315 e. The van der Waals surface area contributed by atoms with E-state index in [-0.39, 0.29) is 5.91 Å². The highest BCUT2D eigenvalue weighted by Gasteiger charge is 2.29. The van der Waals surface area contributed by atoms with Crippen LogP contribution in [-0.4, -0.2) is 35.0 Å². The maximum absolute atomic E-state index is 11.8. The van der Waals surface area contributed by atoms with E-state index in [1.54, 1.807) is 4.90 Å². The predicted molar refractivity (Wildman–Crippen MR) is 61.0 cm³/mol. The highest BCUT2D eigenvalue weighted by atomic mass is 16.4. The summed E-state index contributed by atoms with van der Waals surface area (Å²) in [7, 11) is 0. The topological polar surface area (TPSA) is 57.6 Å². The third-order valence-electron chi connectivity index (χ3n) is 3.27. The second kappa shape index (κ2) is 5.87. The summed E-state index contributed by atoms with van der Waals surface area (Å²) in [4.78, 5) is 24.3. The molecule has 0 saturated carbocycles. The zero-order valence-electron chi connectivity index (χ0n) is 10.1. The van der Waals surface area contributed by atoms with Crippen molar-refractivity contribution in [3.05, 3.63) is 0 Å². The normalized spacial score (nSPS) is 22.9. The van der Waals surface area contributed by atoms with Crippen LogP contribution in [0.4, 0.5) is 0 Å². The van der Waals surface area contributed by atoms with E-state index in [0.29, 0.717) is 5.92 Å². The summed E-state index contributed by atoms with van der Waals surface area (Å²) in [6.07, 6.45) is 4.42. The second-order valence-corrected chi connectivity index (χ2v) is 4.64. The molecule has 1 rings (SSSR count). The van der Waals surface area contributed by atoms with Crippen molar-refractivity contribution in [3.63, 3.8) is 0 Å². The van der Waals surface area contributed by atoms with Gasteiger partial charge in [-0.25, -0.2) is 0 Å². The van der Waals surface area contributed by atoms with Gasteiger partial charge in [0.05, 0.1) is 0 Å². The molecule has 1 aliphatic heterocycles. The number of aliphatic carboxylic acids is 1.